The minimum absolute atomic E-state index is 0.245. The Kier molecular flexibility index (Phi) is 6.77. The minimum Gasteiger partial charge on any atom is -0.480 e. The summed E-state index contributed by atoms with van der Waals surface area (Å²) in [5.41, 5.74) is 0.730. The van der Waals surface area contributed by atoms with Gasteiger partial charge in [-0.25, -0.2) is 8.42 Å². The van der Waals surface area contributed by atoms with Crippen LogP contribution in [0.15, 0.2) is 35.7 Å². The summed E-state index contributed by atoms with van der Waals surface area (Å²) in [5.74, 6) is -0.599. The number of thioether (sulfide) groups is 1. The SMILES string of the molecule is CSCCC(NS(=O)(=O)/C=C/c1ccccc1)C(=O)O. The monoisotopic (exact) mass is 315 g/mol. The van der Waals surface area contributed by atoms with E-state index in [-0.39, 0.29) is 6.42 Å². The molecule has 0 amide bonds. The second kappa shape index (κ2) is 8.08. The Morgan fingerprint density at radius 1 is 1.40 bits per heavy atom. The summed E-state index contributed by atoms with van der Waals surface area (Å²) in [7, 11) is -3.78. The van der Waals surface area contributed by atoms with Gasteiger partial charge >= 0.3 is 5.97 Å². The highest BCUT2D eigenvalue weighted by Gasteiger charge is 2.21. The molecule has 1 rings (SSSR count). The molecule has 0 spiro atoms. The van der Waals surface area contributed by atoms with E-state index in [2.05, 4.69) is 4.72 Å². The minimum atomic E-state index is -3.78. The lowest BCUT2D eigenvalue weighted by molar-refractivity contribution is -0.139. The van der Waals surface area contributed by atoms with Crippen LogP contribution in [-0.2, 0) is 14.8 Å². The molecular formula is C13H17NO4S2. The van der Waals surface area contributed by atoms with Crippen LogP contribution in [0.25, 0.3) is 6.08 Å². The molecule has 7 heteroatoms. The average Bonchev–Trinajstić information content (AvgIpc) is 2.42. The molecule has 20 heavy (non-hydrogen) atoms. The molecule has 0 fully saturated rings. The van der Waals surface area contributed by atoms with Crippen molar-refractivity contribution in [3.63, 3.8) is 0 Å². The lowest BCUT2D eigenvalue weighted by Gasteiger charge is -2.12. The predicted octanol–water partition coefficient (Wildman–Crippen LogP) is 1.78. The van der Waals surface area contributed by atoms with Crippen molar-refractivity contribution < 1.29 is 18.3 Å². The molecule has 0 saturated carbocycles. The lowest BCUT2D eigenvalue weighted by Crippen LogP contribution is -2.40. The lowest BCUT2D eigenvalue weighted by atomic mass is 10.2. The number of nitrogens with one attached hydrogen (secondary N) is 1. The molecule has 0 radical (unpaired) electrons. The second-order valence-electron chi connectivity index (χ2n) is 4.05. The molecule has 2 N–H and O–H groups in total. The maximum atomic E-state index is 11.8. The number of carbonyl (C=O) groups is 1. The molecule has 1 atom stereocenters. The third-order valence-electron chi connectivity index (χ3n) is 2.45. The van der Waals surface area contributed by atoms with E-state index in [4.69, 9.17) is 5.11 Å². The highest BCUT2D eigenvalue weighted by Crippen LogP contribution is 2.06. The molecule has 0 saturated heterocycles. The molecule has 0 aliphatic carbocycles. The van der Waals surface area contributed by atoms with Crippen LogP contribution in [0.2, 0.25) is 0 Å². The Bertz CT molecular complexity index is 555. The maximum Gasteiger partial charge on any atom is 0.321 e. The fraction of sp³-hybridized carbons (Fsp3) is 0.308. The summed E-state index contributed by atoms with van der Waals surface area (Å²) < 4.78 is 25.8. The predicted molar refractivity (Wildman–Crippen MR) is 82.0 cm³/mol. The highest BCUT2D eigenvalue weighted by atomic mass is 32.2. The summed E-state index contributed by atoms with van der Waals surface area (Å²) in [6.45, 7) is 0. The first-order valence-electron chi connectivity index (χ1n) is 5.92. The van der Waals surface area contributed by atoms with Gasteiger partial charge in [0.05, 0.1) is 0 Å². The molecule has 1 aromatic carbocycles. The van der Waals surface area contributed by atoms with Gasteiger partial charge in [0.2, 0.25) is 10.0 Å². The number of hydrogen-bond donors (Lipinski definition) is 2. The Hall–Kier alpha value is -1.31. The van der Waals surface area contributed by atoms with Crippen molar-refractivity contribution in [1.29, 1.82) is 0 Å². The van der Waals surface area contributed by atoms with E-state index in [1.807, 2.05) is 12.3 Å². The van der Waals surface area contributed by atoms with Gasteiger partial charge in [0.25, 0.3) is 0 Å². The molecule has 1 unspecified atom stereocenters. The Labute approximate surface area is 123 Å². The van der Waals surface area contributed by atoms with E-state index >= 15 is 0 Å². The highest BCUT2D eigenvalue weighted by molar-refractivity contribution is 7.98. The van der Waals surface area contributed by atoms with Crippen LogP contribution in [0, 0.1) is 0 Å². The average molecular weight is 315 g/mol. The van der Waals surface area contributed by atoms with E-state index in [0.29, 0.717) is 5.75 Å². The first kappa shape index (κ1) is 16.7. The number of benzene rings is 1. The van der Waals surface area contributed by atoms with Gasteiger partial charge in [-0.15, -0.1) is 0 Å². The second-order valence-corrected chi connectivity index (χ2v) is 6.63. The summed E-state index contributed by atoms with van der Waals surface area (Å²) in [5, 5.41) is 9.97. The van der Waals surface area contributed by atoms with Crippen molar-refractivity contribution in [3.8, 4) is 0 Å². The molecule has 0 aliphatic heterocycles. The van der Waals surface area contributed by atoms with E-state index in [0.717, 1.165) is 11.0 Å². The number of sulfonamides is 1. The van der Waals surface area contributed by atoms with Crippen molar-refractivity contribution in [1.82, 2.24) is 4.72 Å². The standard InChI is InChI=1S/C13H17NO4S2/c1-19-9-7-12(13(15)16)14-20(17,18)10-8-11-5-3-2-4-6-11/h2-6,8,10,12,14H,7,9H2,1H3,(H,15,16)/b10-8+. The Morgan fingerprint density at radius 3 is 2.60 bits per heavy atom. The van der Waals surface area contributed by atoms with Gasteiger partial charge in [-0.05, 0) is 30.1 Å². The first-order valence-corrected chi connectivity index (χ1v) is 8.86. The van der Waals surface area contributed by atoms with Gasteiger partial charge < -0.3 is 5.11 Å². The van der Waals surface area contributed by atoms with Crippen LogP contribution in [0.3, 0.4) is 0 Å². The van der Waals surface area contributed by atoms with Crippen molar-refractivity contribution in [2.75, 3.05) is 12.0 Å². The van der Waals surface area contributed by atoms with Gasteiger partial charge in [0.1, 0.15) is 6.04 Å². The zero-order chi connectivity index (χ0) is 15.0. The van der Waals surface area contributed by atoms with Gasteiger partial charge in [-0.3, -0.25) is 4.79 Å². The fourth-order valence-electron chi connectivity index (χ4n) is 1.44. The van der Waals surface area contributed by atoms with Crippen molar-refractivity contribution >= 4 is 33.8 Å². The van der Waals surface area contributed by atoms with E-state index in [1.54, 1.807) is 24.3 Å². The zero-order valence-corrected chi connectivity index (χ0v) is 12.7. The van der Waals surface area contributed by atoms with Crippen LogP contribution < -0.4 is 4.72 Å². The molecule has 0 bridgehead atoms. The smallest absolute Gasteiger partial charge is 0.321 e. The van der Waals surface area contributed by atoms with Crippen molar-refractivity contribution in [2.45, 2.75) is 12.5 Å². The number of carboxylic acid groups (broad SMARTS) is 1. The van der Waals surface area contributed by atoms with Crippen molar-refractivity contribution in [2.24, 2.45) is 0 Å². The molecule has 5 nitrogen and oxygen atoms in total. The van der Waals surface area contributed by atoms with E-state index in [1.165, 1.54) is 17.8 Å². The number of hydrogen-bond acceptors (Lipinski definition) is 4. The quantitative estimate of drug-likeness (QED) is 0.764. The number of carboxylic acids is 1. The summed E-state index contributed by atoms with van der Waals surface area (Å²) in [4.78, 5) is 11.0. The molecule has 0 heterocycles. The molecule has 110 valence electrons. The Balaban J connectivity index is 2.72. The molecular weight excluding hydrogens is 298 g/mol. The summed E-state index contributed by atoms with van der Waals surface area (Å²) >= 11 is 1.47. The van der Waals surface area contributed by atoms with Gasteiger partial charge in [-0.1, -0.05) is 30.3 Å². The topological polar surface area (TPSA) is 83.5 Å². The number of rotatable bonds is 8. The number of aliphatic carboxylic acids is 1. The van der Waals surface area contributed by atoms with Crippen molar-refractivity contribution in [3.05, 3.63) is 41.3 Å². The zero-order valence-electron chi connectivity index (χ0n) is 11.0. The Morgan fingerprint density at radius 2 is 2.05 bits per heavy atom. The van der Waals surface area contributed by atoms with Crippen LogP contribution in [0.5, 0.6) is 0 Å². The van der Waals surface area contributed by atoms with Gasteiger partial charge in [0.15, 0.2) is 0 Å². The maximum absolute atomic E-state index is 11.8. The van der Waals surface area contributed by atoms with Gasteiger partial charge in [0, 0.05) is 5.41 Å². The first-order chi connectivity index (χ1) is 9.44. The summed E-state index contributed by atoms with van der Waals surface area (Å²) in [6.07, 6.45) is 3.51. The molecule has 0 aliphatic rings. The molecule has 1 aromatic rings. The van der Waals surface area contributed by atoms with Gasteiger partial charge in [-0.2, -0.15) is 16.5 Å². The van der Waals surface area contributed by atoms with Crippen LogP contribution >= 0.6 is 11.8 Å². The van der Waals surface area contributed by atoms with E-state index in [9.17, 15) is 13.2 Å². The third kappa shape index (κ3) is 6.23. The van der Waals surface area contributed by atoms with Crippen LogP contribution in [-0.4, -0.2) is 37.5 Å². The van der Waals surface area contributed by atoms with Crippen LogP contribution in [0.4, 0.5) is 0 Å². The van der Waals surface area contributed by atoms with E-state index < -0.39 is 22.0 Å². The summed E-state index contributed by atoms with van der Waals surface area (Å²) in [6, 6.07) is 7.82. The fourth-order valence-corrected chi connectivity index (χ4v) is 2.94. The van der Waals surface area contributed by atoms with Crippen LogP contribution in [0.1, 0.15) is 12.0 Å². The normalized spacial score (nSPS) is 13.4. The molecule has 0 aromatic heterocycles. The largest absolute Gasteiger partial charge is 0.480 e. The third-order valence-corrected chi connectivity index (χ3v) is 4.21.